The van der Waals surface area contributed by atoms with E-state index >= 15 is 0 Å². The molecule has 4 rings (SSSR count). The van der Waals surface area contributed by atoms with Crippen LogP contribution >= 0.6 is 11.8 Å². The summed E-state index contributed by atoms with van der Waals surface area (Å²) in [5.41, 5.74) is 2.64. The van der Waals surface area contributed by atoms with Gasteiger partial charge in [-0.15, -0.1) is 0 Å². The van der Waals surface area contributed by atoms with Crippen LogP contribution in [0.25, 0.3) is 0 Å². The fourth-order valence-corrected chi connectivity index (χ4v) is 5.24. The highest BCUT2D eigenvalue weighted by atomic mass is 32.2. The number of carbonyl (C=O) groups excluding carboxylic acids is 2. The number of rotatable bonds is 6. The Kier molecular flexibility index (Phi) is 7.64. The number of thioether (sulfide) groups is 1. The average Bonchev–Trinajstić information content (AvgIpc) is 2.85. The Morgan fingerprint density at radius 1 is 1.09 bits per heavy atom. The monoisotopic (exact) mass is 471 g/mol. The van der Waals surface area contributed by atoms with Gasteiger partial charge in [0, 0.05) is 43.6 Å². The van der Waals surface area contributed by atoms with E-state index in [2.05, 4.69) is 9.97 Å². The summed E-state index contributed by atoms with van der Waals surface area (Å²) < 4.78 is 6.76. The third-order valence-corrected chi connectivity index (χ3v) is 6.99. The summed E-state index contributed by atoms with van der Waals surface area (Å²) >= 11 is 1.34. The molecule has 1 aliphatic carbocycles. The third kappa shape index (κ3) is 5.55. The molecule has 0 saturated carbocycles. The molecule has 3 heterocycles. The molecule has 9 nitrogen and oxygen atoms in total. The lowest BCUT2D eigenvalue weighted by atomic mass is 9.97. The molecule has 0 spiro atoms. The molecule has 0 atom stereocenters. The molecule has 1 aliphatic heterocycles. The van der Waals surface area contributed by atoms with Crippen LogP contribution in [-0.2, 0) is 28.9 Å². The molecular weight excluding hydrogens is 442 g/mol. The number of nitrogens with zero attached hydrogens (tertiary/aromatic N) is 5. The number of ether oxygens (including phenoxy) is 1. The van der Waals surface area contributed by atoms with E-state index in [9.17, 15) is 14.4 Å². The molecule has 2 amide bonds. The second-order valence-electron chi connectivity index (χ2n) is 8.09. The standard InChI is InChI=1S/C23H29N5O4S/c1-2-32-23(31)27-13-11-26(12-14-27)20(29)16-33-21-18-8-3-4-9-19(18)28(22(30)25-21)15-17-7-5-6-10-24-17/h5-7,10H,2-4,8-9,11-16H2,1H3. The zero-order valence-corrected chi connectivity index (χ0v) is 19.7. The van der Waals surface area contributed by atoms with Crippen molar-refractivity contribution in [1.29, 1.82) is 0 Å². The molecule has 1 saturated heterocycles. The lowest BCUT2D eigenvalue weighted by Crippen LogP contribution is -2.51. The van der Waals surface area contributed by atoms with Crippen molar-refractivity contribution in [2.75, 3.05) is 38.5 Å². The van der Waals surface area contributed by atoms with Crippen molar-refractivity contribution in [3.05, 3.63) is 51.8 Å². The average molecular weight is 472 g/mol. The highest BCUT2D eigenvalue weighted by Crippen LogP contribution is 2.29. The van der Waals surface area contributed by atoms with E-state index in [-0.39, 0.29) is 23.4 Å². The van der Waals surface area contributed by atoms with Gasteiger partial charge < -0.3 is 14.5 Å². The molecule has 2 aromatic rings. The van der Waals surface area contributed by atoms with Crippen molar-refractivity contribution in [2.45, 2.75) is 44.2 Å². The van der Waals surface area contributed by atoms with Crippen LogP contribution in [0.1, 0.15) is 36.7 Å². The minimum absolute atomic E-state index is 0.00691. The van der Waals surface area contributed by atoms with Crippen molar-refractivity contribution in [3.63, 3.8) is 0 Å². The lowest BCUT2D eigenvalue weighted by molar-refractivity contribution is -0.129. The minimum atomic E-state index is -0.332. The number of aromatic nitrogens is 3. The van der Waals surface area contributed by atoms with Crippen LogP contribution in [0, 0.1) is 0 Å². The zero-order valence-electron chi connectivity index (χ0n) is 18.9. The molecule has 1 fully saturated rings. The van der Waals surface area contributed by atoms with E-state index in [1.54, 1.807) is 27.5 Å². The quantitative estimate of drug-likeness (QED) is 0.469. The van der Waals surface area contributed by atoms with Gasteiger partial charge >= 0.3 is 11.8 Å². The Bertz CT molecular complexity index is 1050. The molecular formula is C23H29N5O4S. The first kappa shape index (κ1) is 23.3. The molecule has 0 bridgehead atoms. The molecule has 176 valence electrons. The van der Waals surface area contributed by atoms with Crippen LogP contribution in [0.5, 0.6) is 0 Å². The van der Waals surface area contributed by atoms with Crippen LogP contribution in [0.2, 0.25) is 0 Å². The van der Waals surface area contributed by atoms with E-state index < -0.39 is 0 Å². The maximum absolute atomic E-state index is 12.9. The maximum atomic E-state index is 12.9. The largest absolute Gasteiger partial charge is 0.450 e. The predicted octanol–water partition coefficient (Wildman–Crippen LogP) is 1.96. The number of hydrogen-bond acceptors (Lipinski definition) is 7. The number of pyridine rings is 1. The number of piperazine rings is 1. The number of hydrogen-bond donors (Lipinski definition) is 0. The lowest BCUT2D eigenvalue weighted by Gasteiger charge is -2.34. The topological polar surface area (TPSA) is 97.6 Å². The summed E-state index contributed by atoms with van der Waals surface area (Å²) in [4.78, 5) is 49.6. The normalized spacial score (nSPS) is 15.8. The van der Waals surface area contributed by atoms with E-state index in [0.717, 1.165) is 42.6 Å². The number of fused-ring (bicyclic) bond motifs is 1. The SMILES string of the molecule is CCOC(=O)N1CCN(C(=O)CSc2nc(=O)n(Cc3ccccn3)c3c2CCCC3)CC1. The van der Waals surface area contributed by atoms with Crippen LogP contribution < -0.4 is 5.69 Å². The summed E-state index contributed by atoms with van der Waals surface area (Å²) in [7, 11) is 0. The van der Waals surface area contributed by atoms with Crippen molar-refractivity contribution in [2.24, 2.45) is 0 Å². The number of amides is 2. The van der Waals surface area contributed by atoms with E-state index in [0.29, 0.717) is 44.4 Å². The summed E-state index contributed by atoms with van der Waals surface area (Å²) in [6.07, 6.45) is 5.17. The van der Waals surface area contributed by atoms with Gasteiger partial charge in [-0.2, -0.15) is 4.98 Å². The molecule has 10 heteroatoms. The second-order valence-corrected chi connectivity index (χ2v) is 9.06. The van der Waals surface area contributed by atoms with Crippen molar-refractivity contribution in [3.8, 4) is 0 Å². The number of carbonyl (C=O) groups is 2. The second kappa shape index (κ2) is 10.8. The van der Waals surface area contributed by atoms with E-state index in [1.165, 1.54) is 11.8 Å². The molecule has 0 aromatic carbocycles. The summed E-state index contributed by atoms with van der Waals surface area (Å²) in [6, 6.07) is 5.67. The van der Waals surface area contributed by atoms with Gasteiger partial charge in [-0.1, -0.05) is 17.8 Å². The summed E-state index contributed by atoms with van der Waals surface area (Å²) in [5.74, 6) is 0.218. The van der Waals surface area contributed by atoms with Crippen molar-refractivity contribution in [1.82, 2.24) is 24.3 Å². The van der Waals surface area contributed by atoms with Gasteiger partial charge in [0.15, 0.2) is 0 Å². The van der Waals surface area contributed by atoms with Crippen LogP contribution in [0.3, 0.4) is 0 Å². The maximum Gasteiger partial charge on any atom is 0.409 e. The van der Waals surface area contributed by atoms with Crippen LogP contribution in [0.4, 0.5) is 4.79 Å². The van der Waals surface area contributed by atoms with Gasteiger partial charge in [-0.05, 0) is 44.7 Å². The predicted molar refractivity (Wildman–Crippen MR) is 124 cm³/mol. The first-order chi connectivity index (χ1) is 16.1. The van der Waals surface area contributed by atoms with Crippen LogP contribution in [-0.4, -0.2) is 74.9 Å². The van der Waals surface area contributed by atoms with Crippen LogP contribution in [0.15, 0.2) is 34.2 Å². The molecule has 0 N–H and O–H groups in total. The first-order valence-electron chi connectivity index (χ1n) is 11.4. The van der Waals surface area contributed by atoms with Crippen molar-refractivity contribution < 1.29 is 14.3 Å². The van der Waals surface area contributed by atoms with Gasteiger partial charge in [-0.3, -0.25) is 14.3 Å². The fourth-order valence-electron chi connectivity index (χ4n) is 4.26. The van der Waals surface area contributed by atoms with E-state index in [4.69, 9.17) is 4.74 Å². The minimum Gasteiger partial charge on any atom is -0.450 e. The molecule has 2 aliphatic rings. The van der Waals surface area contributed by atoms with Gasteiger partial charge in [0.25, 0.3) is 0 Å². The Morgan fingerprint density at radius 3 is 2.58 bits per heavy atom. The highest BCUT2D eigenvalue weighted by Gasteiger charge is 2.26. The van der Waals surface area contributed by atoms with Crippen molar-refractivity contribution >= 4 is 23.8 Å². The zero-order chi connectivity index (χ0) is 23.2. The fraction of sp³-hybridized carbons (Fsp3) is 0.522. The molecule has 0 radical (unpaired) electrons. The van der Waals surface area contributed by atoms with Gasteiger partial charge in [-0.25, -0.2) is 9.59 Å². The van der Waals surface area contributed by atoms with Gasteiger partial charge in [0.05, 0.1) is 24.6 Å². The van der Waals surface area contributed by atoms with E-state index in [1.807, 2.05) is 18.2 Å². The Balaban J connectivity index is 1.42. The molecule has 0 unspecified atom stereocenters. The third-order valence-electron chi connectivity index (χ3n) is 5.99. The van der Waals surface area contributed by atoms with Gasteiger partial charge in [0.1, 0.15) is 5.03 Å². The Labute approximate surface area is 197 Å². The first-order valence-corrected chi connectivity index (χ1v) is 12.4. The molecule has 33 heavy (non-hydrogen) atoms. The Morgan fingerprint density at radius 2 is 1.85 bits per heavy atom. The smallest absolute Gasteiger partial charge is 0.409 e. The Hall–Kier alpha value is -2.88. The highest BCUT2D eigenvalue weighted by molar-refractivity contribution is 7.99. The summed E-state index contributed by atoms with van der Waals surface area (Å²) in [6.45, 7) is 4.42. The van der Waals surface area contributed by atoms with Gasteiger partial charge in [0.2, 0.25) is 5.91 Å². The summed E-state index contributed by atoms with van der Waals surface area (Å²) in [5, 5.41) is 0.672. The molecule has 2 aromatic heterocycles.